The average molecular weight is 344 g/mol. The molecule has 19 heavy (non-hydrogen) atoms. The summed E-state index contributed by atoms with van der Waals surface area (Å²) in [4.78, 5) is 25.4. The molecule has 0 aliphatic rings. The Bertz CT molecular complexity index is 654. The third-order valence-corrected chi connectivity index (χ3v) is 3.13. The number of carbonyl (C=O) groups is 2. The Morgan fingerprint density at radius 3 is 2.58 bits per heavy atom. The molecule has 0 aliphatic heterocycles. The predicted molar refractivity (Wildman–Crippen MR) is 74.9 cm³/mol. The monoisotopic (exact) mass is 342 g/mol. The first-order chi connectivity index (χ1) is 8.97. The zero-order valence-corrected chi connectivity index (χ0v) is 11.7. The molecule has 0 saturated heterocycles. The Morgan fingerprint density at radius 1 is 1.32 bits per heavy atom. The molecule has 1 aromatic heterocycles. The standard InChI is InChI=1S/C12H8BrClN2O3/c13-7-4-10(15-5-7)11(17)16-9-2-1-6(12(18)19)3-8(9)14/h1-5,15H,(H,16,17)(H,18,19). The number of carbonyl (C=O) groups excluding carboxylic acids is 1. The summed E-state index contributed by atoms with van der Waals surface area (Å²) in [7, 11) is 0. The number of hydrogen-bond donors (Lipinski definition) is 3. The fraction of sp³-hybridized carbons (Fsp3) is 0. The van der Waals surface area contributed by atoms with Crippen LogP contribution >= 0.6 is 27.5 Å². The van der Waals surface area contributed by atoms with Crippen LogP contribution in [0.5, 0.6) is 0 Å². The highest BCUT2D eigenvalue weighted by atomic mass is 79.9. The van der Waals surface area contributed by atoms with Gasteiger partial charge in [0.25, 0.3) is 5.91 Å². The maximum Gasteiger partial charge on any atom is 0.335 e. The van der Waals surface area contributed by atoms with Gasteiger partial charge in [-0.25, -0.2) is 4.79 Å². The minimum absolute atomic E-state index is 0.0608. The number of carboxylic acid groups (broad SMARTS) is 1. The van der Waals surface area contributed by atoms with Gasteiger partial charge >= 0.3 is 5.97 Å². The predicted octanol–water partition coefficient (Wildman–Crippen LogP) is 3.38. The number of anilines is 1. The van der Waals surface area contributed by atoms with Crippen LogP contribution in [0.15, 0.2) is 34.9 Å². The maximum atomic E-state index is 11.9. The second-order valence-electron chi connectivity index (χ2n) is 3.69. The second kappa shape index (κ2) is 5.46. The highest BCUT2D eigenvalue weighted by molar-refractivity contribution is 9.10. The van der Waals surface area contributed by atoms with E-state index >= 15 is 0 Å². The van der Waals surface area contributed by atoms with Crippen LogP contribution in [-0.4, -0.2) is 22.0 Å². The summed E-state index contributed by atoms with van der Waals surface area (Å²) in [5, 5.41) is 11.6. The molecular weight excluding hydrogens is 336 g/mol. The van der Waals surface area contributed by atoms with Crippen LogP contribution < -0.4 is 5.32 Å². The number of H-pyrrole nitrogens is 1. The quantitative estimate of drug-likeness (QED) is 0.799. The van der Waals surface area contributed by atoms with Gasteiger partial charge in [-0.3, -0.25) is 4.79 Å². The number of carboxylic acids is 1. The minimum Gasteiger partial charge on any atom is -0.478 e. The van der Waals surface area contributed by atoms with Crippen LogP contribution in [0.25, 0.3) is 0 Å². The molecule has 0 spiro atoms. The molecule has 7 heteroatoms. The summed E-state index contributed by atoms with van der Waals surface area (Å²) in [5.41, 5.74) is 0.776. The summed E-state index contributed by atoms with van der Waals surface area (Å²) in [6.07, 6.45) is 1.63. The Morgan fingerprint density at radius 2 is 2.05 bits per heavy atom. The topological polar surface area (TPSA) is 82.2 Å². The van der Waals surface area contributed by atoms with Gasteiger partial charge in [-0.2, -0.15) is 0 Å². The van der Waals surface area contributed by atoms with Gasteiger partial charge < -0.3 is 15.4 Å². The molecule has 98 valence electrons. The first-order valence-corrected chi connectivity index (χ1v) is 6.32. The largest absolute Gasteiger partial charge is 0.478 e. The maximum absolute atomic E-state index is 11.9. The van der Waals surface area contributed by atoms with Crippen molar-refractivity contribution in [2.24, 2.45) is 0 Å². The molecule has 2 aromatic rings. The Labute approximate surface area is 121 Å². The zero-order valence-electron chi connectivity index (χ0n) is 9.41. The van der Waals surface area contributed by atoms with Gasteiger partial charge in [0.2, 0.25) is 0 Å². The molecule has 1 amide bonds. The van der Waals surface area contributed by atoms with Crippen molar-refractivity contribution in [3.05, 3.63) is 51.2 Å². The van der Waals surface area contributed by atoms with Crippen molar-refractivity contribution in [3.8, 4) is 0 Å². The van der Waals surface area contributed by atoms with Gasteiger partial charge in [-0.1, -0.05) is 11.6 Å². The number of nitrogens with one attached hydrogen (secondary N) is 2. The minimum atomic E-state index is -1.08. The lowest BCUT2D eigenvalue weighted by atomic mass is 10.2. The summed E-state index contributed by atoms with van der Waals surface area (Å²) >= 11 is 9.14. The lowest BCUT2D eigenvalue weighted by Gasteiger charge is -2.06. The Hall–Kier alpha value is -1.79. The van der Waals surface area contributed by atoms with Crippen LogP contribution in [0, 0.1) is 0 Å². The molecule has 5 nitrogen and oxygen atoms in total. The van der Waals surface area contributed by atoms with E-state index in [2.05, 4.69) is 26.2 Å². The van der Waals surface area contributed by atoms with E-state index in [-0.39, 0.29) is 16.5 Å². The van der Waals surface area contributed by atoms with E-state index in [1.165, 1.54) is 18.2 Å². The summed E-state index contributed by atoms with van der Waals surface area (Å²) in [5.74, 6) is -1.44. The van der Waals surface area contributed by atoms with Crippen LogP contribution in [0.2, 0.25) is 5.02 Å². The molecule has 1 aromatic carbocycles. The normalized spacial score (nSPS) is 10.2. The lowest BCUT2D eigenvalue weighted by molar-refractivity contribution is 0.0696. The van der Waals surface area contributed by atoms with Gasteiger partial charge in [0.05, 0.1) is 16.3 Å². The number of halogens is 2. The number of amides is 1. The highest BCUT2D eigenvalue weighted by Crippen LogP contribution is 2.24. The lowest BCUT2D eigenvalue weighted by Crippen LogP contribution is -2.12. The van der Waals surface area contributed by atoms with Crippen molar-refractivity contribution in [1.82, 2.24) is 4.98 Å². The molecule has 0 aliphatic carbocycles. The summed E-state index contributed by atoms with van der Waals surface area (Å²) < 4.78 is 0.755. The summed E-state index contributed by atoms with van der Waals surface area (Å²) in [6.45, 7) is 0. The molecule has 2 rings (SSSR count). The Balaban J connectivity index is 2.20. The van der Waals surface area contributed by atoms with Gasteiger partial charge in [0, 0.05) is 10.7 Å². The fourth-order valence-corrected chi connectivity index (χ4v) is 2.01. The summed E-state index contributed by atoms with van der Waals surface area (Å²) in [6, 6.07) is 5.72. The van der Waals surface area contributed by atoms with E-state index in [0.717, 1.165) is 4.47 Å². The number of rotatable bonds is 3. The highest BCUT2D eigenvalue weighted by Gasteiger charge is 2.12. The SMILES string of the molecule is O=C(O)c1ccc(NC(=O)c2cc(Br)c[nH]2)c(Cl)c1. The van der Waals surface area contributed by atoms with Gasteiger partial charge in [0.15, 0.2) is 0 Å². The number of aromatic amines is 1. The molecule has 0 fully saturated rings. The molecule has 0 bridgehead atoms. The molecule has 3 N–H and O–H groups in total. The Kier molecular flexibility index (Phi) is 3.92. The third-order valence-electron chi connectivity index (χ3n) is 2.36. The van der Waals surface area contributed by atoms with E-state index in [4.69, 9.17) is 16.7 Å². The average Bonchev–Trinajstić information content (AvgIpc) is 2.78. The van der Waals surface area contributed by atoms with E-state index in [0.29, 0.717) is 11.4 Å². The molecule has 0 atom stereocenters. The molecule has 0 saturated carbocycles. The van der Waals surface area contributed by atoms with E-state index in [1.807, 2.05) is 0 Å². The molecule has 0 radical (unpaired) electrons. The van der Waals surface area contributed by atoms with E-state index in [9.17, 15) is 9.59 Å². The van der Waals surface area contributed by atoms with Crippen LogP contribution in [0.4, 0.5) is 5.69 Å². The molecule has 1 heterocycles. The van der Waals surface area contributed by atoms with Gasteiger partial charge in [-0.15, -0.1) is 0 Å². The van der Waals surface area contributed by atoms with Crippen molar-refractivity contribution >= 4 is 45.1 Å². The van der Waals surface area contributed by atoms with Crippen LogP contribution in [0.3, 0.4) is 0 Å². The van der Waals surface area contributed by atoms with Crippen molar-refractivity contribution in [2.45, 2.75) is 0 Å². The van der Waals surface area contributed by atoms with E-state index < -0.39 is 5.97 Å². The number of aromatic carboxylic acids is 1. The van der Waals surface area contributed by atoms with Gasteiger partial charge in [0.1, 0.15) is 5.69 Å². The van der Waals surface area contributed by atoms with Crippen molar-refractivity contribution in [3.63, 3.8) is 0 Å². The van der Waals surface area contributed by atoms with Crippen LogP contribution in [-0.2, 0) is 0 Å². The number of aromatic nitrogens is 1. The van der Waals surface area contributed by atoms with Gasteiger partial charge in [-0.05, 0) is 40.2 Å². The van der Waals surface area contributed by atoms with Crippen LogP contribution in [0.1, 0.15) is 20.8 Å². The zero-order chi connectivity index (χ0) is 14.0. The smallest absolute Gasteiger partial charge is 0.335 e. The molecular formula is C12H8BrClN2O3. The second-order valence-corrected chi connectivity index (χ2v) is 5.01. The van der Waals surface area contributed by atoms with Crippen molar-refractivity contribution in [2.75, 3.05) is 5.32 Å². The first kappa shape index (κ1) is 13.6. The van der Waals surface area contributed by atoms with Crippen molar-refractivity contribution < 1.29 is 14.7 Å². The first-order valence-electron chi connectivity index (χ1n) is 5.15. The molecule has 0 unspecified atom stereocenters. The third kappa shape index (κ3) is 3.15. The fourth-order valence-electron chi connectivity index (χ4n) is 1.44. The number of hydrogen-bond acceptors (Lipinski definition) is 2. The van der Waals surface area contributed by atoms with E-state index in [1.54, 1.807) is 12.3 Å². The number of benzene rings is 1. The van der Waals surface area contributed by atoms with Crippen molar-refractivity contribution in [1.29, 1.82) is 0 Å².